The number of hydrogen-bond donors (Lipinski definition) is 0. The maximum Gasteiger partial charge on any atom is 0.262 e. The Balaban J connectivity index is 1.79. The molecule has 0 N–H and O–H groups in total. The Morgan fingerprint density at radius 1 is 1.12 bits per heavy atom. The van der Waals surface area contributed by atoms with E-state index < -0.39 is 0 Å². The highest BCUT2D eigenvalue weighted by Crippen LogP contribution is 2.25. The van der Waals surface area contributed by atoms with Crippen molar-refractivity contribution in [1.82, 2.24) is 24.7 Å². The van der Waals surface area contributed by atoms with Crippen LogP contribution in [-0.2, 0) is 6.54 Å². The van der Waals surface area contributed by atoms with Gasteiger partial charge in [-0.2, -0.15) is 4.98 Å². The Morgan fingerprint density at radius 3 is 2.83 bits per heavy atom. The van der Waals surface area contributed by atoms with Gasteiger partial charge in [-0.05, 0) is 17.7 Å². The van der Waals surface area contributed by atoms with Crippen molar-refractivity contribution in [3.63, 3.8) is 0 Å². The van der Waals surface area contributed by atoms with Gasteiger partial charge in [0.2, 0.25) is 5.82 Å². The van der Waals surface area contributed by atoms with Crippen LogP contribution in [0.3, 0.4) is 0 Å². The number of azide groups is 1. The molecule has 116 valence electrons. The van der Waals surface area contributed by atoms with E-state index in [2.05, 4.69) is 30.4 Å². The lowest BCUT2D eigenvalue weighted by molar-refractivity contribution is 0.432. The van der Waals surface area contributed by atoms with Crippen LogP contribution in [0, 0.1) is 0 Å². The van der Waals surface area contributed by atoms with E-state index in [0.717, 1.165) is 5.56 Å². The number of nitrogens with zero attached hydrogens (tertiary/aromatic N) is 8. The Labute approximate surface area is 135 Å². The second kappa shape index (κ2) is 5.82. The van der Waals surface area contributed by atoms with Gasteiger partial charge >= 0.3 is 0 Å². The Kier molecular flexibility index (Phi) is 3.38. The molecule has 0 amide bonds. The van der Waals surface area contributed by atoms with Gasteiger partial charge in [0.1, 0.15) is 5.82 Å². The smallest absolute Gasteiger partial charge is 0.262 e. The van der Waals surface area contributed by atoms with Crippen LogP contribution in [0.5, 0.6) is 0 Å². The van der Waals surface area contributed by atoms with Crippen molar-refractivity contribution < 1.29 is 4.52 Å². The molecule has 0 fully saturated rings. The molecule has 9 nitrogen and oxygen atoms in total. The predicted molar refractivity (Wildman–Crippen MR) is 84.6 cm³/mol. The maximum absolute atomic E-state index is 8.45. The first kappa shape index (κ1) is 13.9. The molecule has 4 rings (SSSR count). The molecule has 9 heteroatoms. The van der Waals surface area contributed by atoms with Crippen LogP contribution in [0.25, 0.3) is 38.9 Å². The minimum Gasteiger partial charge on any atom is -0.333 e. The summed E-state index contributed by atoms with van der Waals surface area (Å²) in [6, 6.07) is 13.2. The number of fused-ring (bicyclic) bond motifs is 1. The van der Waals surface area contributed by atoms with Gasteiger partial charge in [-0.1, -0.05) is 40.6 Å². The van der Waals surface area contributed by atoms with E-state index in [1.165, 1.54) is 0 Å². The summed E-state index contributed by atoms with van der Waals surface area (Å²) in [4.78, 5) is 7.17. The molecular formula is C15H10N8O. The molecule has 0 spiro atoms. The first-order chi connectivity index (χ1) is 11.9. The van der Waals surface area contributed by atoms with Crippen LogP contribution in [0.2, 0.25) is 0 Å². The molecule has 0 radical (unpaired) electrons. The molecule has 0 bridgehead atoms. The van der Waals surface area contributed by atoms with Crippen molar-refractivity contribution in [2.24, 2.45) is 5.11 Å². The van der Waals surface area contributed by atoms with Crippen LogP contribution in [0.4, 0.5) is 0 Å². The van der Waals surface area contributed by atoms with Crippen LogP contribution < -0.4 is 0 Å². The molecule has 3 aromatic heterocycles. The molecule has 4 aromatic rings. The summed E-state index contributed by atoms with van der Waals surface area (Å²) in [5.74, 6) is 1.39. The van der Waals surface area contributed by atoms with Crippen molar-refractivity contribution in [3.8, 4) is 22.8 Å². The minimum atomic E-state index is 0.111. The van der Waals surface area contributed by atoms with E-state index >= 15 is 0 Å². The fourth-order valence-electron chi connectivity index (χ4n) is 2.37. The van der Waals surface area contributed by atoms with Crippen molar-refractivity contribution in [3.05, 3.63) is 64.9 Å². The van der Waals surface area contributed by atoms with E-state index in [9.17, 15) is 0 Å². The largest absolute Gasteiger partial charge is 0.333 e. The molecule has 0 unspecified atom stereocenters. The summed E-state index contributed by atoms with van der Waals surface area (Å²) < 4.78 is 7.11. The number of hydrogen-bond acceptors (Lipinski definition) is 6. The molecule has 0 aliphatic heterocycles. The van der Waals surface area contributed by atoms with Gasteiger partial charge in [-0.25, -0.2) is 0 Å². The lowest BCUT2D eigenvalue weighted by Crippen LogP contribution is -1.93. The molecule has 0 atom stereocenters. The normalized spacial score (nSPS) is 10.7. The highest BCUT2D eigenvalue weighted by Gasteiger charge is 2.16. The molecule has 0 aliphatic rings. The minimum absolute atomic E-state index is 0.111. The highest BCUT2D eigenvalue weighted by molar-refractivity contribution is 5.72. The van der Waals surface area contributed by atoms with Crippen molar-refractivity contribution in [2.45, 2.75) is 6.54 Å². The van der Waals surface area contributed by atoms with Crippen LogP contribution in [0.1, 0.15) is 5.82 Å². The first-order valence-electron chi connectivity index (χ1n) is 7.10. The van der Waals surface area contributed by atoms with Crippen LogP contribution >= 0.6 is 0 Å². The highest BCUT2D eigenvalue weighted by atomic mass is 16.5. The Morgan fingerprint density at radius 2 is 2.00 bits per heavy atom. The van der Waals surface area contributed by atoms with E-state index in [1.54, 1.807) is 10.6 Å². The van der Waals surface area contributed by atoms with E-state index in [4.69, 9.17) is 10.1 Å². The Hall–Kier alpha value is -3.71. The van der Waals surface area contributed by atoms with E-state index in [1.807, 2.05) is 42.5 Å². The second-order valence-electron chi connectivity index (χ2n) is 4.91. The van der Waals surface area contributed by atoms with Gasteiger partial charge in [-0.15, -0.1) is 10.2 Å². The van der Waals surface area contributed by atoms with E-state index in [-0.39, 0.29) is 6.54 Å². The van der Waals surface area contributed by atoms with Crippen LogP contribution in [0.15, 0.2) is 58.3 Å². The summed E-state index contributed by atoms with van der Waals surface area (Å²) in [6.07, 6.45) is 1.79. The quantitative estimate of drug-likeness (QED) is 0.325. The zero-order valence-electron chi connectivity index (χ0n) is 12.3. The number of aromatic nitrogens is 5. The zero-order chi connectivity index (χ0) is 16.4. The standard InChI is InChI=1S/C15H10N8O/c16-22-17-9-12-19-20-14-11(7-4-8-23(12)14)15-18-13(21-24-15)10-5-2-1-3-6-10/h1-8H,9H2. The third-order valence-corrected chi connectivity index (χ3v) is 3.47. The monoisotopic (exact) mass is 318 g/mol. The Bertz CT molecular complexity index is 1050. The maximum atomic E-state index is 8.45. The second-order valence-corrected chi connectivity index (χ2v) is 4.91. The molecule has 3 heterocycles. The molecule has 1 aromatic carbocycles. The van der Waals surface area contributed by atoms with Crippen molar-refractivity contribution in [1.29, 1.82) is 0 Å². The molecule has 0 saturated heterocycles. The fourth-order valence-corrected chi connectivity index (χ4v) is 2.37. The average molecular weight is 318 g/mol. The van der Waals surface area contributed by atoms with Gasteiger partial charge in [0.05, 0.1) is 12.1 Å². The van der Waals surface area contributed by atoms with Crippen LogP contribution in [-0.4, -0.2) is 24.7 Å². The fraction of sp³-hybridized carbons (Fsp3) is 0.0667. The lowest BCUT2D eigenvalue weighted by atomic mass is 10.2. The summed E-state index contributed by atoms with van der Waals surface area (Å²) in [5, 5.41) is 15.7. The first-order valence-corrected chi connectivity index (χ1v) is 7.10. The topological polar surface area (TPSA) is 118 Å². The number of pyridine rings is 1. The lowest BCUT2D eigenvalue weighted by Gasteiger charge is -1.99. The number of benzene rings is 1. The summed E-state index contributed by atoms with van der Waals surface area (Å²) in [5.41, 5.74) is 10.5. The summed E-state index contributed by atoms with van der Waals surface area (Å²) >= 11 is 0. The SMILES string of the molecule is [N-]=[N+]=NCc1nnc2c(-c3nc(-c4ccccc4)no3)cccn12. The van der Waals surface area contributed by atoms with Crippen molar-refractivity contribution in [2.75, 3.05) is 0 Å². The summed E-state index contributed by atoms with van der Waals surface area (Å²) in [6.45, 7) is 0.111. The average Bonchev–Trinajstić information content (AvgIpc) is 3.28. The van der Waals surface area contributed by atoms with E-state index in [0.29, 0.717) is 28.8 Å². The van der Waals surface area contributed by atoms with Gasteiger partial charge in [0.15, 0.2) is 5.65 Å². The molecule has 0 aliphatic carbocycles. The molecule has 24 heavy (non-hydrogen) atoms. The molecular weight excluding hydrogens is 308 g/mol. The third kappa shape index (κ3) is 2.34. The third-order valence-electron chi connectivity index (χ3n) is 3.47. The van der Waals surface area contributed by atoms with Gasteiger partial charge in [-0.3, -0.25) is 4.40 Å². The predicted octanol–water partition coefficient (Wildman–Crippen LogP) is 3.26. The van der Waals surface area contributed by atoms with Gasteiger partial charge in [0.25, 0.3) is 5.89 Å². The van der Waals surface area contributed by atoms with Gasteiger partial charge < -0.3 is 4.52 Å². The van der Waals surface area contributed by atoms with Crippen molar-refractivity contribution >= 4 is 5.65 Å². The number of rotatable bonds is 4. The van der Waals surface area contributed by atoms with Gasteiger partial charge in [0, 0.05) is 16.7 Å². The summed E-state index contributed by atoms with van der Waals surface area (Å²) in [7, 11) is 0. The molecule has 0 saturated carbocycles. The zero-order valence-corrected chi connectivity index (χ0v) is 12.3.